The lowest BCUT2D eigenvalue weighted by Crippen LogP contribution is -2.07. The van der Waals surface area contributed by atoms with E-state index in [0.29, 0.717) is 23.6 Å². The number of hydrogen-bond acceptors (Lipinski definition) is 4. The minimum absolute atomic E-state index is 0.170. The number of esters is 1. The summed E-state index contributed by atoms with van der Waals surface area (Å²) in [6, 6.07) is 6.10. The van der Waals surface area contributed by atoms with Crippen LogP contribution in [0, 0.1) is 5.82 Å². The van der Waals surface area contributed by atoms with Crippen LogP contribution in [0.5, 0.6) is 5.75 Å². The number of aryl methyl sites for hydroxylation is 1. The first kappa shape index (κ1) is 15.0. The van der Waals surface area contributed by atoms with Gasteiger partial charge in [0.05, 0.1) is 19.4 Å². The normalized spacial score (nSPS) is 10.5. The van der Waals surface area contributed by atoms with Crippen LogP contribution >= 0.6 is 0 Å². The molecule has 0 unspecified atom stereocenters. The Kier molecular flexibility index (Phi) is 4.57. The van der Waals surface area contributed by atoms with Crippen molar-refractivity contribution in [1.29, 1.82) is 0 Å². The van der Waals surface area contributed by atoms with Crippen LogP contribution < -0.4 is 4.74 Å². The lowest BCUT2D eigenvalue weighted by atomic mass is 10.1. The van der Waals surface area contributed by atoms with Crippen LogP contribution in [0.3, 0.4) is 0 Å². The highest BCUT2D eigenvalue weighted by molar-refractivity contribution is 5.88. The van der Waals surface area contributed by atoms with Crippen molar-refractivity contribution in [1.82, 2.24) is 9.78 Å². The largest absolute Gasteiger partial charge is 0.497 e. The first-order valence-electron chi connectivity index (χ1n) is 6.69. The lowest BCUT2D eigenvalue weighted by molar-refractivity contribution is 0.0518. The molecule has 112 valence electrons. The third kappa shape index (κ3) is 3.04. The Bertz CT molecular complexity index is 652. The fourth-order valence-electron chi connectivity index (χ4n) is 2.01. The number of halogens is 1. The molecule has 21 heavy (non-hydrogen) atoms. The second-order valence-electron chi connectivity index (χ2n) is 4.30. The van der Waals surface area contributed by atoms with E-state index in [9.17, 15) is 9.18 Å². The molecule has 0 fully saturated rings. The summed E-state index contributed by atoms with van der Waals surface area (Å²) in [5.74, 6) is -0.511. The van der Waals surface area contributed by atoms with E-state index in [0.717, 1.165) is 0 Å². The van der Waals surface area contributed by atoms with Crippen LogP contribution in [-0.4, -0.2) is 29.5 Å². The molecule has 1 aromatic carbocycles. The number of benzene rings is 1. The zero-order chi connectivity index (χ0) is 15.4. The van der Waals surface area contributed by atoms with Gasteiger partial charge in [0.25, 0.3) is 0 Å². The van der Waals surface area contributed by atoms with E-state index in [4.69, 9.17) is 9.47 Å². The van der Waals surface area contributed by atoms with E-state index in [-0.39, 0.29) is 12.3 Å². The molecule has 0 spiro atoms. The molecule has 0 aliphatic heterocycles. The quantitative estimate of drug-likeness (QED) is 0.795. The molecule has 0 aliphatic rings. The van der Waals surface area contributed by atoms with Crippen LogP contribution in [-0.2, 0) is 11.3 Å². The minimum atomic E-state index is -0.514. The standard InChI is InChI=1S/C15H17FN2O3/c1-4-18-14(9-13(17-18)15(19)21-5-2)11-7-6-10(20-3)8-12(11)16/h6-9H,4-5H2,1-3H3. The van der Waals surface area contributed by atoms with E-state index < -0.39 is 11.8 Å². The third-order valence-electron chi connectivity index (χ3n) is 3.02. The van der Waals surface area contributed by atoms with Gasteiger partial charge in [0.1, 0.15) is 11.6 Å². The summed E-state index contributed by atoms with van der Waals surface area (Å²) in [6.07, 6.45) is 0. The molecule has 5 nitrogen and oxygen atoms in total. The highest BCUT2D eigenvalue weighted by Crippen LogP contribution is 2.27. The number of carbonyl (C=O) groups is 1. The molecule has 0 bridgehead atoms. The van der Waals surface area contributed by atoms with Crippen molar-refractivity contribution in [3.63, 3.8) is 0 Å². The molecule has 0 amide bonds. The smallest absolute Gasteiger partial charge is 0.358 e. The van der Waals surface area contributed by atoms with Crippen molar-refractivity contribution < 1.29 is 18.7 Å². The van der Waals surface area contributed by atoms with Crippen LogP contribution in [0.4, 0.5) is 4.39 Å². The van der Waals surface area contributed by atoms with Gasteiger partial charge in [-0.2, -0.15) is 5.10 Å². The lowest BCUT2D eigenvalue weighted by Gasteiger charge is -2.07. The van der Waals surface area contributed by atoms with Gasteiger partial charge in [0.2, 0.25) is 0 Å². The average Bonchev–Trinajstić information content (AvgIpc) is 2.91. The zero-order valence-corrected chi connectivity index (χ0v) is 12.2. The Balaban J connectivity index is 2.45. The molecule has 0 N–H and O–H groups in total. The summed E-state index contributed by atoms with van der Waals surface area (Å²) < 4.78 is 25.6. The number of nitrogens with zero attached hydrogens (tertiary/aromatic N) is 2. The van der Waals surface area contributed by atoms with E-state index in [1.54, 1.807) is 23.7 Å². The minimum Gasteiger partial charge on any atom is -0.497 e. The topological polar surface area (TPSA) is 53.4 Å². The van der Waals surface area contributed by atoms with Crippen LogP contribution in [0.1, 0.15) is 24.3 Å². The van der Waals surface area contributed by atoms with Gasteiger partial charge in [-0.3, -0.25) is 4.68 Å². The van der Waals surface area contributed by atoms with Crippen LogP contribution in [0.2, 0.25) is 0 Å². The molecule has 1 aromatic heterocycles. The molecule has 2 aromatic rings. The van der Waals surface area contributed by atoms with Crippen molar-refractivity contribution in [2.24, 2.45) is 0 Å². The van der Waals surface area contributed by atoms with Crippen molar-refractivity contribution >= 4 is 5.97 Å². The SMILES string of the molecule is CCOC(=O)c1cc(-c2ccc(OC)cc2F)n(CC)n1. The van der Waals surface area contributed by atoms with E-state index in [1.165, 1.54) is 19.2 Å². The predicted molar refractivity (Wildman–Crippen MR) is 75.8 cm³/mol. The number of carbonyl (C=O) groups excluding carboxylic acids is 1. The maximum atomic E-state index is 14.2. The molecule has 0 saturated heterocycles. The zero-order valence-electron chi connectivity index (χ0n) is 12.2. The monoisotopic (exact) mass is 292 g/mol. The van der Waals surface area contributed by atoms with E-state index in [1.807, 2.05) is 6.92 Å². The Labute approximate surface area is 122 Å². The number of methoxy groups -OCH3 is 1. The van der Waals surface area contributed by atoms with Crippen LogP contribution in [0.15, 0.2) is 24.3 Å². The van der Waals surface area contributed by atoms with Crippen molar-refractivity contribution in [3.8, 4) is 17.0 Å². The second kappa shape index (κ2) is 6.39. The van der Waals surface area contributed by atoms with Crippen molar-refractivity contribution in [2.45, 2.75) is 20.4 Å². The summed E-state index contributed by atoms with van der Waals surface area (Å²) >= 11 is 0. The Hall–Kier alpha value is -2.37. The van der Waals surface area contributed by atoms with Gasteiger partial charge in [-0.15, -0.1) is 0 Å². The highest BCUT2D eigenvalue weighted by Gasteiger charge is 2.18. The van der Waals surface area contributed by atoms with Gasteiger partial charge in [-0.1, -0.05) is 0 Å². The summed E-state index contributed by atoms with van der Waals surface area (Å²) in [4.78, 5) is 11.7. The van der Waals surface area contributed by atoms with E-state index >= 15 is 0 Å². The molecule has 1 heterocycles. The second-order valence-corrected chi connectivity index (χ2v) is 4.30. The molecule has 6 heteroatoms. The fraction of sp³-hybridized carbons (Fsp3) is 0.333. The maximum absolute atomic E-state index is 14.2. The van der Waals surface area contributed by atoms with Gasteiger partial charge in [0, 0.05) is 18.2 Å². The van der Waals surface area contributed by atoms with Gasteiger partial charge >= 0.3 is 5.97 Å². The van der Waals surface area contributed by atoms with Gasteiger partial charge in [0.15, 0.2) is 5.69 Å². The fourth-order valence-corrected chi connectivity index (χ4v) is 2.01. The maximum Gasteiger partial charge on any atom is 0.358 e. The summed E-state index contributed by atoms with van der Waals surface area (Å²) in [7, 11) is 1.48. The molecule has 2 rings (SSSR count). The van der Waals surface area contributed by atoms with Gasteiger partial charge in [-0.05, 0) is 32.0 Å². The average molecular weight is 292 g/mol. The van der Waals surface area contributed by atoms with Crippen molar-refractivity contribution in [3.05, 3.63) is 35.8 Å². The molecule has 0 saturated carbocycles. The number of aromatic nitrogens is 2. The first-order chi connectivity index (χ1) is 10.1. The number of hydrogen-bond donors (Lipinski definition) is 0. The Morgan fingerprint density at radius 1 is 1.33 bits per heavy atom. The van der Waals surface area contributed by atoms with Crippen molar-refractivity contribution in [2.75, 3.05) is 13.7 Å². The molecule has 0 aliphatic carbocycles. The summed E-state index contributed by atoms with van der Waals surface area (Å²) in [5.41, 5.74) is 1.06. The van der Waals surface area contributed by atoms with Gasteiger partial charge in [-0.25, -0.2) is 9.18 Å². The number of ether oxygens (including phenoxy) is 2. The molecule has 0 radical (unpaired) electrons. The number of rotatable bonds is 5. The Morgan fingerprint density at radius 2 is 2.10 bits per heavy atom. The molecule has 0 atom stereocenters. The predicted octanol–water partition coefficient (Wildman–Crippen LogP) is 2.89. The van der Waals surface area contributed by atoms with Gasteiger partial charge < -0.3 is 9.47 Å². The summed E-state index contributed by atoms with van der Waals surface area (Å²) in [5, 5.41) is 4.15. The highest BCUT2D eigenvalue weighted by atomic mass is 19.1. The van der Waals surface area contributed by atoms with Crippen LogP contribution in [0.25, 0.3) is 11.3 Å². The first-order valence-corrected chi connectivity index (χ1v) is 6.69. The molecular weight excluding hydrogens is 275 g/mol. The molecular formula is C15H17FN2O3. The third-order valence-corrected chi connectivity index (χ3v) is 3.02. The summed E-state index contributed by atoms with van der Waals surface area (Å²) in [6.45, 7) is 4.37. The van der Waals surface area contributed by atoms with E-state index in [2.05, 4.69) is 5.10 Å². The Morgan fingerprint density at radius 3 is 2.67 bits per heavy atom.